The molecule has 2 aliphatic heterocycles. The standard InChI is InChI=1S/C21H27N3O6S/c1-11-16(19(25)24-8-6-7-13(24)20(26)30-5)17(23-21(31)22-11)12-9-14(27-2)18(29-4)15(10-12)28-3/h9-10,13,17H,6-8H2,1-5H3,(H2,22,23,31)/t13-,17?/m0/s1. The smallest absolute Gasteiger partial charge is 0.328 e. The molecule has 1 fully saturated rings. The van der Waals surface area contributed by atoms with E-state index in [2.05, 4.69) is 10.6 Å². The van der Waals surface area contributed by atoms with Crippen molar-refractivity contribution < 1.29 is 28.5 Å². The minimum Gasteiger partial charge on any atom is -0.493 e. The third kappa shape index (κ3) is 4.25. The number of amides is 1. The van der Waals surface area contributed by atoms with Gasteiger partial charge in [-0.3, -0.25) is 4.79 Å². The summed E-state index contributed by atoms with van der Waals surface area (Å²) in [6.45, 7) is 2.26. The van der Waals surface area contributed by atoms with Gasteiger partial charge in [0.1, 0.15) is 6.04 Å². The minimum absolute atomic E-state index is 0.258. The number of rotatable bonds is 6. The number of likely N-dealkylation sites (tertiary alicyclic amines) is 1. The molecule has 10 heteroatoms. The largest absolute Gasteiger partial charge is 0.493 e. The summed E-state index contributed by atoms with van der Waals surface area (Å²) in [5, 5.41) is 6.57. The molecule has 1 unspecified atom stereocenters. The summed E-state index contributed by atoms with van der Waals surface area (Å²) in [7, 11) is 5.91. The van der Waals surface area contributed by atoms with Crippen molar-refractivity contribution in [3.05, 3.63) is 29.0 Å². The Bertz CT molecular complexity index is 907. The number of ether oxygens (including phenoxy) is 4. The fourth-order valence-corrected chi connectivity index (χ4v) is 4.31. The Morgan fingerprint density at radius 1 is 1.10 bits per heavy atom. The number of carbonyl (C=O) groups excluding carboxylic acids is 2. The van der Waals surface area contributed by atoms with E-state index in [1.165, 1.54) is 28.4 Å². The van der Waals surface area contributed by atoms with E-state index >= 15 is 0 Å². The van der Waals surface area contributed by atoms with Crippen molar-refractivity contribution in [2.45, 2.75) is 31.8 Å². The van der Waals surface area contributed by atoms with Crippen LogP contribution in [0.25, 0.3) is 0 Å². The first-order valence-corrected chi connectivity index (χ1v) is 10.2. The highest BCUT2D eigenvalue weighted by molar-refractivity contribution is 7.80. The van der Waals surface area contributed by atoms with Gasteiger partial charge in [-0.2, -0.15) is 0 Å². The fourth-order valence-electron chi connectivity index (χ4n) is 4.04. The number of nitrogens with zero attached hydrogens (tertiary/aromatic N) is 1. The highest BCUT2D eigenvalue weighted by atomic mass is 32.1. The van der Waals surface area contributed by atoms with E-state index in [1.807, 2.05) is 0 Å². The molecule has 1 aromatic rings. The second-order valence-corrected chi connectivity index (χ2v) is 7.62. The zero-order valence-corrected chi connectivity index (χ0v) is 19.1. The Kier molecular flexibility index (Phi) is 6.89. The highest BCUT2D eigenvalue weighted by Gasteiger charge is 2.40. The Labute approximate surface area is 186 Å². The predicted octanol–water partition coefficient (Wildman–Crippen LogP) is 1.67. The summed E-state index contributed by atoms with van der Waals surface area (Å²) in [6, 6.07) is 2.37. The van der Waals surface area contributed by atoms with E-state index in [9.17, 15) is 9.59 Å². The Hall–Kier alpha value is -3.01. The number of hydrogen-bond donors (Lipinski definition) is 2. The topological polar surface area (TPSA) is 98.4 Å². The molecule has 9 nitrogen and oxygen atoms in total. The van der Waals surface area contributed by atoms with Crippen LogP contribution in [0.5, 0.6) is 17.2 Å². The number of nitrogens with one attached hydrogen (secondary N) is 2. The van der Waals surface area contributed by atoms with Gasteiger partial charge in [0.05, 0.1) is 40.1 Å². The van der Waals surface area contributed by atoms with Gasteiger partial charge >= 0.3 is 5.97 Å². The maximum Gasteiger partial charge on any atom is 0.328 e. The lowest BCUT2D eigenvalue weighted by Gasteiger charge is -2.34. The van der Waals surface area contributed by atoms with Crippen LogP contribution in [-0.2, 0) is 14.3 Å². The van der Waals surface area contributed by atoms with Crippen molar-refractivity contribution in [2.75, 3.05) is 35.0 Å². The molecule has 1 amide bonds. The number of esters is 1. The number of carbonyl (C=O) groups is 2. The molecule has 0 aliphatic carbocycles. The van der Waals surface area contributed by atoms with Crippen molar-refractivity contribution in [1.29, 1.82) is 0 Å². The molecule has 2 heterocycles. The maximum atomic E-state index is 13.6. The molecule has 0 radical (unpaired) electrons. The molecule has 3 rings (SSSR count). The zero-order valence-electron chi connectivity index (χ0n) is 18.2. The van der Waals surface area contributed by atoms with Gasteiger partial charge in [-0.15, -0.1) is 0 Å². The quantitative estimate of drug-likeness (QED) is 0.496. The molecule has 2 aliphatic rings. The summed E-state index contributed by atoms with van der Waals surface area (Å²) in [6.07, 6.45) is 1.30. The molecule has 1 saturated heterocycles. The Morgan fingerprint density at radius 2 is 1.74 bits per heavy atom. The summed E-state index contributed by atoms with van der Waals surface area (Å²) in [5.41, 5.74) is 1.77. The van der Waals surface area contributed by atoms with Crippen LogP contribution in [0.2, 0.25) is 0 Å². The Morgan fingerprint density at radius 3 is 2.29 bits per heavy atom. The van der Waals surface area contributed by atoms with Gasteiger partial charge in [0.25, 0.3) is 5.91 Å². The fraction of sp³-hybridized carbons (Fsp3) is 0.476. The SMILES string of the molecule is COC(=O)[C@@H]1CCCN1C(=O)C1=C(C)NC(=S)NC1c1cc(OC)c(OC)c(OC)c1. The lowest BCUT2D eigenvalue weighted by Crippen LogP contribution is -2.49. The summed E-state index contributed by atoms with van der Waals surface area (Å²) >= 11 is 5.35. The lowest BCUT2D eigenvalue weighted by atomic mass is 9.93. The number of methoxy groups -OCH3 is 4. The van der Waals surface area contributed by atoms with Gasteiger partial charge in [0.2, 0.25) is 5.75 Å². The first kappa shape index (κ1) is 22.7. The second kappa shape index (κ2) is 9.42. The number of benzene rings is 1. The van der Waals surface area contributed by atoms with Crippen molar-refractivity contribution in [3.8, 4) is 17.2 Å². The molecule has 0 saturated carbocycles. The number of allylic oxidation sites excluding steroid dienone is 1. The van der Waals surface area contributed by atoms with E-state index in [0.717, 1.165) is 6.42 Å². The molecule has 168 valence electrons. The maximum absolute atomic E-state index is 13.6. The molecule has 1 aromatic carbocycles. The van der Waals surface area contributed by atoms with Gasteiger partial charge in [-0.05, 0) is 49.7 Å². The molecule has 0 spiro atoms. The highest BCUT2D eigenvalue weighted by Crippen LogP contribution is 2.42. The van der Waals surface area contributed by atoms with E-state index in [-0.39, 0.29) is 5.91 Å². The molecule has 0 aromatic heterocycles. The van der Waals surface area contributed by atoms with E-state index < -0.39 is 18.1 Å². The van der Waals surface area contributed by atoms with Crippen LogP contribution in [0.1, 0.15) is 31.4 Å². The average molecular weight is 450 g/mol. The van der Waals surface area contributed by atoms with Crippen LogP contribution in [-0.4, -0.2) is 62.9 Å². The van der Waals surface area contributed by atoms with Crippen LogP contribution in [0.3, 0.4) is 0 Å². The molecular formula is C21H27N3O6S. The van der Waals surface area contributed by atoms with E-state index in [0.29, 0.717) is 52.2 Å². The third-order valence-electron chi connectivity index (χ3n) is 5.51. The number of hydrogen-bond acceptors (Lipinski definition) is 7. The summed E-state index contributed by atoms with van der Waals surface area (Å²) in [5.74, 6) is 0.693. The van der Waals surface area contributed by atoms with Crippen molar-refractivity contribution in [3.63, 3.8) is 0 Å². The average Bonchev–Trinajstić information content (AvgIpc) is 3.26. The molecular weight excluding hydrogens is 422 g/mol. The van der Waals surface area contributed by atoms with Gasteiger partial charge in [-0.1, -0.05) is 0 Å². The second-order valence-electron chi connectivity index (χ2n) is 7.21. The third-order valence-corrected chi connectivity index (χ3v) is 5.73. The summed E-state index contributed by atoms with van der Waals surface area (Å²) in [4.78, 5) is 27.4. The number of thiocarbonyl (C=S) groups is 1. The van der Waals surface area contributed by atoms with Gasteiger partial charge in [-0.25, -0.2) is 4.79 Å². The van der Waals surface area contributed by atoms with Crippen LogP contribution < -0.4 is 24.8 Å². The molecule has 31 heavy (non-hydrogen) atoms. The van der Waals surface area contributed by atoms with E-state index in [1.54, 1.807) is 24.0 Å². The van der Waals surface area contributed by atoms with Crippen molar-refractivity contribution >= 4 is 29.2 Å². The van der Waals surface area contributed by atoms with Crippen LogP contribution >= 0.6 is 12.2 Å². The Balaban J connectivity index is 2.07. The van der Waals surface area contributed by atoms with Gasteiger partial charge in [0.15, 0.2) is 16.6 Å². The van der Waals surface area contributed by atoms with Crippen LogP contribution in [0.4, 0.5) is 0 Å². The van der Waals surface area contributed by atoms with Gasteiger partial charge < -0.3 is 34.5 Å². The first-order chi connectivity index (χ1) is 14.9. The molecule has 0 bridgehead atoms. The zero-order chi connectivity index (χ0) is 22.7. The predicted molar refractivity (Wildman–Crippen MR) is 117 cm³/mol. The monoisotopic (exact) mass is 449 g/mol. The van der Waals surface area contributed by atoms with Crippen molar-refractivity contribution in [1.82, 2.24) is 15.5 Å². The van der Waals surface area contributed by atoms with Crippen molar-refractivity contribution in [2.24, 2.45) is 0 Å². The molecule has 2 atom stereocenters. The van der Waals surface area contributed by atoms with Crippen LogP contribution in [0.15, 0.2) is 23.4 Å². The molecule has 2 N–H and O–H groups in total. The van der Waals surface area contributed by atoms with Gasteiger partial charge in [0, 0.05) is 12.2 Å². The lowest BCUT2D eigenvalue weighted by molar-refractivity contribution is -0.149. The normalized spacial score (nSPS) is 20.7. The minimum atomic E-state index is -0.604. The first-order valence-electron chi connectivity index (χ1n) is 9.83. The van der Waals surface area contributed by atoms with Crippen LogP contribution in [0, 0.1) is 0 Å². The summed E-state index contributed by atoms with van der Waals surface area (Å²) < 4.78 is 21.2. The van der Waals surface area contributed by atoms with E-state index in [4.69, 9.17) is 31.2 Å².